The quantitative estimate of drug-likeness (QED) is 0.853. The van der Waals surface area contributed by atoms with E-state index in [-0.39, 0.29) is 23.3 Å². The number of carbonyl (C=O) groups is 2. The van der Waals surface area contributed by atoms with E-state index >= 15 is 0 Å². The highest BCUT2D eigenvalue weighted by molar-refractivity contribution is 5.98. The molecule has 6 nitrogen and oxygen atoms in total. The Bertz CT molecular complexity index is 543. The minimum atomic E-state index is -0.635. The number of carbonyl (C=O) groups excluding carboxylic acids is 2. The second kappa shape index (κ2) is 6.58. The number of benzene rings is 1. The van der Waals surface area contributed by atoms with Crippen LogP contribution in [-0.2, 0) is 9.47 Å². The van der Waals surface area contributed by atoms with E-state index < -0.39 is 5.97 Å². The molecule has 1 aliphatic rings. The molecule has 0 spiro atoms. The maximum atomic E-state index is 12.5. The molecule has 6 heteroatoms. The van der Waals surface area contributed by atoms with E-state index in [2.05, 4.69) is 4.74 Å². The van der Waals surface area contributed by atoms with Gasteiger partial charge in [-0.1, -0.05) is 6.92 Å². The summed E-state index contributed by atoms with van der Waals surface area (Å²) in [7, 11) is 1.24. The Labute approximate surface area is 123 Å². The third-order valence-electron chi connectivity index (χ3n) is 3.61. The monoisotopic (exact) mass is 293 g/mol. The molecular weight excluding hydrogens is 274 g/mol. The summed E-state index contributed by atoms with van der Waals surface area (Å²) in [5.41, 5.74) is 0.392. The minimum absolute atomic E-state index is 0.0358. The average Bonchev–Trinajstić information content (AvgIpc) is 2.53. The van der Waals surface area contributed by atoms with Crippen LogP contribution in [-0.4, -0.2) is 54.8 Å². The van der Waals surface area contributed by atoms with Crippen LogP contribution in [0.1, 0.15) is 34.1 Å². The zero-order valence-corrected chi connectivity index (χ0v) is 12.2. The largest absolute Gasteiger partial charge is 0.507 e. The van der Waals surface area contributed by atoms with Crippen LogP contribution in [0, 0.1) is 0 Å². The van der Waals surface area contributed by atoms with Crippen molar-refractivity contribution in [1.82, 2.24) is 4.90 Å². The van der Waals surface area contributed by atoms with Crippen molar-refractivity contribution in [2.24, 2.45) is 0 Å². The van der Waals surface area contributed by atoms with Crippen LogP contribution in [0.5, 0.6) is 5.75 Å². The molecule has 1 heterocycles. The van der Waals surface area contributed by atoms with Gasteiger partial charge < -0.3 is 19.5 Å². The fraction of sp³-hybridized carbons (Fsp3) is 0.467. The van der Waals surface area contributed by atoms with Crippen molar-refractivity contribution in [3.8, 4) is 5.75 Å². The van der Waals surface area contributed by atoms with Crippen LogP contribution < -0.4 is 0 Å². The molecule has 1 unspecified atom stereocenters. The normalized spacial score (nSPS) is 18.4. The molecule has 1 saturated heterocycles. The second-order valence-electron chi connectivity index (χ2n) is 4.86. The average molecular weight is 293 g/mol. The van der Waals surface area contributed by atoms with Crippen molar-refractivity contribution in [2.45, 2.75) is 19.4 Å². The summed E-state index contributed by atoms with van der Waals surface area (Å²) in [4.78, 5) is 25.7. The van der Waals surface area contributed by atoms with Gasteiger partial charge in [0.25, 0.3) is 5.91 Å². The highest BCUT2D eigenvalue weighted by Gasteiger charge is 2.27. The Hall–Kier alpha value is -2.08. The molecule has 1 aromatic carbocycles. The van der Waals surface area contributed by atoms with Crippen molar-refractivity contribution in [3.63, 3.8) is 0 Å². The van der Waals surface area contributed by atoms with E-state index in [9.17, 15) is 14.7 Å². The molecule has 114 valence electrons. The summed E-state index contributed by atoms with van der Waals surface area (Å²) >= 11 is 0. The summed E-state index contributed by atoms with van der Waals surface area (Å²) in [6.07, 6.45) is 0.804. The van der Waals surface area contributed by atoms with Crippen molar-refractivity contribution in [1.29, 1.82) is 0 Å². The summed E-state index contributed by atoms with van der Waals surface area (Å²) < 4.78 is 9.93. The highest BCUT2D eigenvalue weighted by atomic mass is 16.5. The Kier molecular flexibility index (Phi) is 4.80. The predicted molar refractivity (Wildman–Crippen MR) is 75.4 cm³/mol. The van der Waals surface area contributed by atoms with Crippen molar-refractivity contribution in [2.75, 3.05) is 26.9 Å². The number of nitrogens with zero attached hydrogens (tertiary/aromatic N) is 1. The number of morpholine rings is 1. The van der Waals surface area contributed by atoms with E-state index in [0.29, 0.717) is 25.3 Å². The van der Waals surface area contributed by atoms with Crippen molar-refractivity contribution < 1.29 is 24.2 Å². The molecule has 0 aliphatic carbocycles. The zero-order chi connectivity index (χ0) is 15.4. The molecule has 1 amide bonds. The Morgan fingerprint density at radius 1 is 1.48 bits per heavy atom. The third-order valence-corrected chi connectivity index (χ3v) is 3.61. The second-order valence-corrected chi connectivity index (χ2v) is 4.86. The molecule has 1 atom stereocenters. The maximum absolute atomic E-state index is 12.5. The van der Waals surface area contributed by atoms with E-state index in [1.807, 2.05) is 6.92 Å². The lowest BCUT2D eigenvalue weighted by Gasteiger charge is -2.35. The van der Waals surface area contributed by atoms with Gasteiger partial charge in [-0.25, -0.2) is 4.79 Å². The van der Waals surface area contributed by atoms with Crippen LogP contribution in [0.3, 0.4) is 0 Å². The van der Waals surface area contributed by atoms with Gasteiger partial charge in [0, 0.05) is 12.1 Å². The summed E-state index contributed by atoms with van der Waals surface area (Å²) in [5, 5.41) is 9.87. The van der Waals surface area contributed by atoms with E-state index in [0.717, 1.165) is 6.42 Å². The molecule has 0 aromatic heterocycles. The fourth-order valence-electron chi connectivity index (χ4n) is 2.37. The number of phenols is 1. The van der Waals surface area contributed by atoms with Crippen molar-refractivity contribution >= 4 is 11.9 Å². The zero-order valence-electron chi connectivity index (χ0n) is 12.2. The number of hydrogen-bond donors (Lipinski definition) is 1. The molecular formula is C15H19NO5. The van der Waals surface area contributed by atoms with Gasteiger partial charge >= 0.3 is 5.97 Å². The molecule has 2 rings (SSSR count). The third kappa shape index (κ3) is 3.16. The maximum Gasteiger partial charge on any atom is 0.341 e. The first-order valence-electron chi connectivity index (χ1n) is 6.88. The first-order valence-corrected chi connectivity index (χ1v) is 6.88. The number of hydrogen-bond acceptors (Lipinski definition) is 5. The number of rotatable bonds is 3. The van der Waals surface area contributed by atoms with Crippen LogP contribution in [0.2, 0.25) is 0 Å². The lowest BCUT2D eigenvalue weighted by molar-refractivity contribution is -0.00282. The smallest absolute Gasteiger partial charge is 0.341 e. The van der Waals surface area contributed by atoms with Gasteiger partial charge in [-0.2, -0.15) is 0 Å². The summed E-state index contributed by atoms with van der Waals surface area (Å²) in [6.45, 7) is 3.55. The van der Waals surface area contributed by atoms with E-state index in [1.165, 1.54) is 25.3 Å². The summed E-state index contributed by atoms with van der Waals surface area (Å²) in [5.74, 6) is -1.06. The van der Waals surface area contributed by atoms with Crippen LogP contribution in [0.15, 0.2) is 18.2 Å². The predicted octanol–water partition coefficient (Wildman–Crippen LogP) is 1.43. The molecule has 1 N–H and O–H groups in total. The molecule has 21 heavy (non-hydrogen) atoms. The summed E-state index contributed by atoms with van der Waals surface area (Å²) in [6, 6.07) is 4.26. The Morgan fingerprint density at radius 2 is 2.24 bits per heavy atom. The number of aromatic hydroxyl groups is 1. The van der Waals surface area contributed by atoms with Crippen LogP contribution in [0.4, 0.5) is 0 Å². The van der Waals surface area contributed by atoms with Gasteiger partial charge in [0.05, 0.1) is 26.4 Å². The van der Waals surface area contributed by atoms with E-state index in [1.54, 1.807) is 4.90 Å². The Morgan fingerprint density at radius 3 is 2.86 bits per heavy atom. The minimum Gasteiger partial charge on any atom is -0.507 e. The van der Waals surface area contributed by atoms with Gasteiger partial charge in [0.15, 0.2) is 0 Å². The molecule has 1 aromatic rings. The molecule has 1 aliphatic heterocycles. The fourth-order valence-corrected chi connectivity index (χ4v) is 2.37. The lowest BCUT2D eigenvalue weighted by Crippen LogP contribution is -2.48. The molecule has 1 fully saturated rings. The first-order chi connectivity index (χ1) is 10.1. The number of methoxy groups -OCH3 is 1. The highest BCUT2D eigenvalue weighted by Crippen LogP contribution is 2.22. The standard InChI is InChI=1S/C15H19NO5/c1-3-11-9-21-7-6-16(11)14(18)10-4-5-12(13(17)8-10)15(19)20-2/h4-5,8,11,17H,3,6-7,9H2,1-2H3. The van der Waals surface area contributed by atoms with Gasteiger partial charge in [-0.3, -0.25) is 4.79 Å². The number of phenolic OH excluding ortho intramolecular Hbond substituents is 1. The first kappa shape index (κ1) is 15.3. The molecule has 0 radical (unpaired) electrons. The van der Waals surface area contributed by atoms with Crippen LogP contribution in [0.25, 0.3) is 0 Å². The van der Waals surface area contributed by atoms with Crippen LogP contribution >= 0.6 is 0 Å². The Balaban J connectivity index is 2.23. The molecule has 0 bridgehead atoms. The van der Waals surface area contributed by atoms with Gasteiger partial charge in [0.2, 0.25) is 0 Å². The van der Waals surface area contributed by atoms with E-state index in [4.69, 9.17) is 4.74 Å². The van der Waals surface area contributed by atoms with Gasteiger partial charge in [-0.05, 0) is 24.6 Å². The number of esters is 1. The lowest BCUT2D eigenvalue weighted by atomic mass is 10.1. The topological polar surface area (TPSA) is 76.1 Å². The number of ether oxygens (including phenoxy) is 2. The molecule has 0 saturated carbocycles. The van der Waals surface area contributed by atoms with Crippen molar-refractivity contribution in [3.05, 3.63) is 29.3 Å². The SMILES string of the molecule is CCC1COCCN1C(=O)c1ccc(C(=O)OC)c(O)c1. The van der Waals surface area contributed by atoms with Gasteiger partial charge in [0.1, 0.15) is 11.3 Å². The van der Waals surface area contributed by atoms with Gasteiger partial charge in [-0.15, -0.1) is 0 Å². The number of amides is 1.